The molecular weight excluding hydrogens is 504 g/mol. The molecule has 1 aliphatic heterocycles. The lowest BCUT2D eigenvalue weighted by atomic mass is 10.2. The second kappa shape index (κ2) is 11.8. The quantitative estimate of drug-likeness (QED) is 0.421. The summed E-state index contributed by atoms with van der Waals surface area (Å²) < 4.78 is 11.1. The third-order valence-corrected chi connectivity index (χ3v) is 6.59. The summed E-state index contributed by atoms with van der Waals surface area (Å²) in [7, 11) is 0. The van der Waals surface area contributed by atoms with Crippen LogP contribution >= 0.6 is 23.4 Å². The highest BCUT2D eigenvalue weighted by Crippen LogP contribution is 2.34. The number of carbonyl (C=O) groups is 3. The number of hydrogen-bond donors (Lipinski definition) is 1. The van der Waals surface area contributed by atoms with E-state index in [9.17, 15) is 19.5 Å². The molecule has 10 heteroatoms. The van der Waals surface area contributed by atoms with Gasteiger partial charge in [0.2, 0.25) is 5.91 Å². The van der Waals surface area contributed by atoms with Gasteiger partial charge in [0.15, 0.2) is 0 Å². The molecule has 8 nitrogen and oxygen atoms in total. The first kappa shape index (κ1) is 25.4. The van der Waals surface area contributed by atoms with Gasteiger partial charge in [-0.25, -0.2) is 4.79 Å². The third kappa shape index (κ3) is 6.71. The smallest absolute Gasteiger partial charge is 0.416 e. The Bertz CT molecular complexity index is 1240. The predicted molar refractivity (Wildman–Crippen MR) is 137 cm³/mol. The molecule has 1 heterocycles. The van der Waals surface area contributed by atoms with Crippen LogP contribution in [0.2, 0.25) is 5.02 Å². The van der Waals surface area contributed by atoms with Gasteiger partial charge in [0.25, 0.3) is 0 Å². The van der Waals surface area contributed by atoms with Crippen LogP contribution in [0.4, 0.5) is 10.5 Å². The zero-order valence-corrected chi connectivity index (χ0v) is 20.7. The summed E-state index contributed by atoms with van der Waals surface area (Å²) in [6, 6.07) is 21.0. The van der Waals surface area contributed by atoms with E-state index in [1.807, 2.05) is 24.3 Å². The summed E-state index contributed by atoms with van der Waals surface area (Å²) in [5.74, 6) is 0.146. The molecule has 0 aromatic heterocycles. The SMILES string of the molecule is O=C(O)CN(Cc1ccc(OCCN2C(=O)CSc3ccccc32)cc1)C(=O)Oc1ccc(Cl)cc1. The fourth-order valence-corrected chi connectivity index (χ4v) is 4.64. The Labute approximate surface area is 217 Å². The maximum Gasteiger partial charge on any atom is 0.416 e. The molecule has 3 aromatic carbocycles. The topological polar surface area (TPSA) is 96.4 Å². The van der Waals surface area contributed by atoms with Crippen molar-refractivity contribution >= 4 is 47.0 Å². The van der Waals surface area contributed by atoms with Crippen molar-refractivity contribution in [3.05, 3.63) is 83.4 Å². The molecule has 186 valence electrons. The molecule has 0 saturated carbocycles. The number of thioether (sulfide) groups is 1. The summed E-state index contributed by atoms with van der Waals surface area (Å²) >= 11 is 7.37. The van der Waals surface area contributed by atoms with Gasteiger partial charge in [-0.2, -0.15) is 0 Å². The average molecular weight is 527 g/mol. The van der Waals surface area contributed by atoms with Crippen LogP contribution in [0, 0.1) is 0 Å². The number of ether oxygens (including phenoxy) is 2. The maximum atomic E-state index is 12.6. The number of carboxylic acid groups (broad SMARTS) is 1. The molecule has 4 rings (SSSR count). The summed E-state index contributed by atoms with van der Waals surface area (Å²) in [5, 5.41) is 9.72. The molecule has 0 spiro atoms. The van der Waals surface area contributed by atoms with Crippen molar-refractivity contribution in [2.75, 3.05) is 30.3 Å². The van der Waals surface area contributed by atoms with Gasteiger partial charge in [-0.05, 0) is 54.1 Å². The van der Waals surface area contributed by atoms with Crippen LogP contribution in [0.3, 0.4) is 0 Å². The Balaban J connectivity index is 1.33. The van der Waals surface area contributed by atoms with Crippen molar-refractivity contribution in [3.8, 4) is 11.5 Å². The van der Waals surface area contributed by atoms with Gasteiger partial charge >= 0.3 is 12.1 Å². The first-order valence-electron chi connectivity index (χ1n) is 11.1. The van der Waals surface area contributed by atoms with Gasteiger partial charge in [0, 0.05) is 16.5 Å². The molecule has 2 amide bonds. The minimum Gasteiger partial charge on any atom is -0.492 e. The van der Waals surface area contributed by atoms with Gasteiger partial charge in [-0.1, -0.05) is 35.9 Å². The molecule has 0 atom stereocenters. The number of aliphatic carboxylic acids is 1. The molecule has 0 radical (unpaired) electrons. The molecule has 0 aliphatic carbocycles. The van der Waals surface area contributed by atoms with Crippen molar-refractivity contribution in [2.24, 2.45) is 0 Å². The van der Waals surface area contributed by atoms with Crippen LogP contribution in [-0.4, -0.2) is 53.4 Å². The largest absolute Gasteiger partial charge is 0.492 e. The molecule has 0 unspecified atom stereocenters. The van der Waals surface area contributed by atoms with Crippen LogP contribution in [0.1, 0.15) is 5.56 Å². The van der Waals surface area contributed by atoms with Crippen molar-refractivity contribution in [3.63, 3.8) is 0 Å². The van der Waals surface area contributed by atoms with Crippen LogP contribution in [-0.2, 0) is 16.1 Å². The minimum absolute atomic E-state index is 0.0374. The summed E-state index contributed by atoms with van der Waals surface area (Å²) in [6.45, 7) is 0.244. The van der Waals surface area contributed by atoms with E-state index in [1.165, 1.54) is 23.9 Å². The lowest BCUT2D eigenvalue weighted by Crippen LogP contribution is -2.38. The van der Waals surface area contributed by atoms with Gasteiger partial charge in [0.05, 0.1) is 18.0 Å². The Morgan fingerprint density at radius 3 is 2.42 bits per heavy atom. The lowest BCUT2D eigenvalue weighted by molar-refractivity contribution is -0.138. The number of anilines is 1. The van der Waals surface area contributed by atoms with Gasteiger partial charge in [-0.15, -0.1) is 11.8 Å². The number of para-hydroxylation sites is 1. The zero-order chi connectivity index (χ0) is 25.5. The molecule has 1 N–H and O–H groups in total. The maximum absolute atomic E-state index is 12.6. The number of benzene rings is 3. The summed E-state index contributed by atoms with van der Waals surface area (Å²) in [4.78, 5) is 40.1. The fourth-order valence-electron chi connectivity index (χ4n) is 3.58. The Hall–Kier alpha value is -3.69. The van der Waals surface area contributed by atoms with Crippen molar-refractivity contribution < 1.29 is 29.0 Å². The molecule has 3 aromatic rings. The zero-order valence-electron chi connectivity index (χ0n) is 19.1. The molecular formula is C26H23ClN2O6S. The molecule has 0 bridgehead atoms. The standard InChI is InChI=1S/C26H23ClN2O6S/c27-19-7-11-21(12-8-19)35-26(33)28(16-25(31)32)15-18-5-9-20(10-6-18)34-14-13-29-22-3-1-2-4-23(22)36-17-24(29)30/h1-12H,13-17H2,(H,31,32). The van der Waals surface area contributed by atoms with E-state index in [0.717, 1.165) is 15.5 Å². The number of halogens is 1. The molecule has 0 fully saturated rings. The molecule has 0 saturated heterocycles. The van der Waals surface area contributed by atoms with E-state index >= 15 is 0 Å². The van der Waals surface area contributed by atoms with E-state index in [4.69, 9.17) is 21.1 Å². The average Bonchev–Trinajstić information content (AvgIpc) is 2.87. The summed E-state index contributed by atoms with van der Waals surface area (Å²) in [6.07, 6.45) is -0.787. The van der Waals surface area contributed by atoms with E-state index in [1.54, 1.807) is 41.3 Å². The fraction of sp³-hybridized carbons (Fsp3) is 0.192. The number of carbonyl (C=O) groups excluding carboxylic acids is 2. The first-order chi connectivity index (χ1) is 17.4. The Morgan fingerprint density at radius 1 is 1.00 bits per heavy atom. The molecule has 36 heavy (non-hydrogen) atoms. The number of carboxylic acids is 1. The Kier molecular flexibility index (Phi) is 8.35. The minimum atomic E-state index is -1.16. The lowest BCUT2D eigenvalue weighted by Gasteiger charge is -2.28. The Morgan fingerprint density at radius 2 is 1.69 bits per heavy atom. The highest BCUT2D eigenvalue weighted by atomic mass is 35.5. The highest BCUT2D eigenvalue weighted by molar-refractivity contribution is 8.00. The van der Waals surface area contributed by atoms with E-state index in [2.05, 4.69) is 0 Å². The second-order valence-corrected chi connectivity index (χ2v) is 9.32. The number of rotatable bonds is 9. The van der Waals surface area contributed by atoms with E-state index < -0.39 is 18.6 Å². The predicted octanol–water partition coefficient (Wildman–Crippen LogP) is 4.94. The number of amides is 2. The highest BCUT2D eigenvalue weighted by Gasteiger charge is 2.24. The third-order valence-electron chi connectivity index (χ3n) is 5.29. The van der Waals surface area contributed by atoms with Crippen LogP contribution < -0.4 is 14.4 Å². The summed E-state index contributed by atoms with van der Waals surface area (Å²) in [5.41, 5.74) is 1.59. The van der Waals surface area contributed by atoms with Gasteiger partial charge < -0.3 is 19.5 Å². The van der Waals surface area contributed by atoms with E-state index in [-0.39, 0.29) is 18.2 Å². The number of hydrogen-bond acceptors (Lipinski definition) is 6. The van der Waals surface area contributed by atoms with Crippen LogP contribution in [0.5, 0.6) is 11.5 Å². The first-order valence-corrected chi connectivity index (χ1v) is 12.4. The van der Waals surface area contributed by atoms with Gasteiger partial charge in [0.1, 0.15) is 24.7 Å². The van der Waals surface area contributed by atoms with E-state index in [0.29, 0.717) is 35.2 Å². The van der Waals surface area contributed by atoms with Crippen LogP contribution in [0.15, 0.2) is 77.7 Å². The van der Waals surface area contributed by atoms with Crippen molar-refractivity contribution in [1.29, 1.82) is 0 Å². The van der Waals surface area contributed by atoms with Crippen molar-refractivity contribution in [2.45, 2.75) is 11.4 Å². The number of fused-ring (bicyclic) bond motifs is 1. The van der Waals surface area contributed by atoms with Crippen LogP contribution in [0.25, 0.3) is 0 Å². The second-order valence-electron chi connectivity index (χ2n) is 7.87. The van der Waals surface area contributed by atoms with Gasteiger partial charge in [-0.3, -0.25) is 14.5 Å². The van der Waals surface area contributed by atoms with Crippen molar-refractivity contribution in [1.82, 2.24) is 4.90 Å². The normalized spacial score (nSPS) is 12.6. The number of nitrogens with zero attached hydrogens (tertiary/aromatic N) is 2. The molecule has 1 aliphatic rings. The monoisotopic (exact) mass is 526 g/mol.